The first-order valence-electron chi connectivity index (χ1n) is 10.9. The lowest BCUT2D eigenvalue weighted by Crippen LogP contribution is -2.54. The van der Waals surface area contributed by atoms with E-state index >= 15 is 0 Å². The van der Waals surface area contributed by atoms with E-state index in [-0.39, 0.29) is 28.7 Å². The molecule has 3 aliphatic heterocycles. The molecule has 2 fully saturated rings. The van der Waals surface area contributed by atoms with Crippen LogP contribution in [0.25, 0.3) is 0 Å². The number of rotatable bonds is 3. The fourth-order valence-corrected chi connectivity index (χ4v) is 6.01. The summed E-state index contributed by atoms with van der Waals surface area (Å²) >= 11 is 0. The summed E-state index contributed by atoms with van der Waals surface area (Å²) in [4.78, 5) is 19.4. The van der Waals surface area contributed by atoms with Gasteiger partial charge in [0.1, 0.15) is 10.9 Å². The molecule has 9 heteroatoms. The number of carbonyl (C=O) groups excluding carboxylic acids is 1. The Morgan fingerprint density at radius 1 is 1.10 bits per heavy atom. The number of piperazine rings is 1. The van der Waals surface area contributed by atoms with Gasteiger partial charge >= 0.3 is 0 Å². The van der Waals surface area contributed by atoms with Crippen molar-refractivity contribution in [2.24, 2.45) is 16.2 Å². The van der Waals surface area contributed by atoms with Crippen LogP contribution < -0.4 is 0 Å². The van der Waals surface area contributed by atoms with Crippen LogP contribution in [0.15, 0.2) is 33.6 Å². The molecule has 166 valence electrons. The second-order valence-electron chi connectivity index (χ2n) is 8.83. The Bertz CT molecular complexity index is 1010. The summed E-state index contributed by atoms with van der Waals surface area (Å²) in [5.41, 5.74) is 0.653. The minimum atomic E-state index is -3.63. The molecule has 0 aromatic heterocycles. The quantitative estimate of drug-likeness (QED) is 0.703. The molecule has 0 saturated carbocycles. The molecule has 8 nitrogen and oxygen atoms in total. The molecule has 31 heavy (non-hydrogen) atoms. The van der Waals surface area contributed by atoms with E-state index < -0.39 is 10.0 Å². The molecule has 0 radical (unpaired) electrons. The molecule has 0 spiro atoms. The molecule has 1 unspecified atom stereocenters. The second-order valence-corrected chi connectivity index (χ2v) is 10.4. The van der Waals surface area contributed by atoms with Crippen molar-refractivity contribution in [2.45, 2.75) is 37.6 Å². The van der Waals surface area contributed by atoms with Gasteiger partial charge in [-0.05, 0) is 30.9 Å². The number of amides is 1. The van der Waals surface area contributed by atoms with E-state index in [1.54, 1.807) is 18.2 Å². The predicted molar refractivity (Wildman–Crippen MR) is 117 cm³/mol. The molecular weight excluding hydrogens is 414 g/mol. The summed E-state index contributed by atoms with van der Waals surface area (Å²) in [5.74, 6) is 0.905. The van der Waals surface area contributed by atoms with E-state index in [4.69, 9.17) is 0 Å². The van der Waals surface area contributed by atoms with Crippen LogP contribution in [-0.4, -0.2) is 80.2 Å². The minimum Gasteiger partial charge on any atom is -0.355 e. The molecule has 0 aliphatic carbocycles. The fraction of sp³-hybridized carbons (Fsp3) is 0.591. The Kier molecular flexibility index (Phi) is 6.04. The smallest absolute Gasteiger partial charge is 0.285 e. The highest BCUT2D eigenvalue weighted by Gasteiger charge is 2.36. The van der Waals surface area contributed by atoms with Crippen LogP contribution in [0.1, 0.15) is 32.3 Å². The van der Waals surface area contributed by atoms with Gasteiger partial charge in [0.05, 0.1) is 6.07 Å². The standard InChI is InChI=1S/C22H29N5O3S/c1-16(2)19(15-23)25-11-13-27(14-12-25)22(28)17-7-9-26(10-8-17)21-18-5-3-4-6-20(18)31(29,30)24-21/h3-6,16-17,19H,7-14H2,1-2H3. The van der Waals surface area contributed by atoms with Gasteiger partial charge in [0, 0.05) is 50.7 Å². The van der Waals surface area contributed by atoms with Crippen LogP contribution in [0, 0.1) is 23.2 Å². The zero-order chi connectivity index (χ0) is 22.2. The van der Waals surface area contributed by atoms with E-state index in [0.717, 1.165) is 13.1 Å². The summed E-state index contributed by atoms with van der Waals surface area (Å²) in [6.45, 7) is 8.10. The third-order valence-corrected chi connectivity index (χ3v) is 7.86. The summed E-state index contributed by atoms with van der Waals surface area (Å²) in [6, 6.07) is 9.19. The molecular formula is C22H29N5O3S. The Morgan fingerprint density at radius 3 is 2.35 bits per heavy atom. The third-order valence-electron chi connectivity index (χ3n) is 6.54. The van der Waals surface area contributed by atoms with Crippen molar-refractivity contribution in [3.05, 3.63) is 29.8 Å². The number of nitrogens with zero attached hydrogens (tertiary/aromatic N) is 5. The number of sulfonamides is 1. The minimum absolute atomic E-state index is 0.0477. The highest BCUT2D eigenvalue weighted by molar-refractivity contribution is 7.90. The van der Waals surface area contributed by atoms with Crippen molar-refractivity contribution < 1.29 is 13.2 Å². The Hall–Kier alpha value is -2.44. The van der Waals surface area contributed by atoms with Crippen LogP contribution in [0.4, 0.5) is 0 Å². The van der Waals surface area contributed by atoms with Crippen LogP contribution >= 0.6 is 0 Å². The number of amidine groups is 1. The number of fused-ring (bicyclic) bond motifs is 1. The summed E-state index contributed by atoms with van der Waals surface area (Å²) < 4.78 is 28.7. The number of likely N-dealkylation sites (tertiary alicyclic amines) is 1. The molecule has 2 saturated heterocycles. The number of nitriles is 1. The van der Waals surface area contributed by atoms with E-state index in [2.05, 4.69) is 29.2 Å². The topological polar surface area (TPSA) is 97.1 Å². The second kappa shape index (κ2) is 8.60. The van der Waals surface area contributed by atoms with Gasteiger partial charge in [-0.2, -0.15) is 13.7 Å². The highest BCUT2D eigenvalue weighted by Crippen LogP contribution is 2.30. The number of benzene rings is 1. The zero-order valence-corrected chi connectivity index (χ0v) is 18.9. The number of hydrogen-bond donors (Lipinski definition) is 0. The Morgan fingerprint density at radius 2 is 1.74 bits per heavy atom. The lowest BCUT2D eigenvalue weighted by atomic mass is 9.94. The molecule has 1 amide bonds. The van der Waals surface area contributed by atoms with Crippen LogP contribution in [0.5, 0.6) is 0 Å². The monoisotopic (exact) mass is 443 g/mol. The molecule has 4 rings (SSSR count). The van der Waals surface area contributed by atoms with Gasteiger partial charge in [0.2, 0.25) is 5.91 Å². The largest absolute Gasteiger partial charge is 0.355 e. The lowest BCUT2D eigenvalue weighted by Gasteiger charge is -2.40. The van der Waals surface area contributed by atoms with Gasteiger partial charge in [-0.1, -0.05) is 26.0 Å². The van der Waals surface area contributed by atoms with E-state index in [1.165, 1.54) is 0 Å². The average molecular weight is 444 g/mol. The molecule has 3 heterocycles. The average Bonchev–Trinajstić information content (AvgIpc) is 3.05. The van der Waals surface area contributed by atoms with Crippen LogP contribution in [-0.2, 0) is 14.8 Å². The van der Waals surface area contributed by atoms with Gasteiger partial charge in [0.25, 0.3) is 10.0 Å². The van der Waals surface area contributed by atoms with Crippen molar-refractivity contribution in [2.75, 3.05) is 39.3 Å². The fourth-order valence-electron chi connectivity index (χ4n) is 4.79. The summed E-state index contributed by atoms with van der Waals surface area (Å²) in [7, 11) is -3.63. The van der Waals surface area contributed by atoms with Crippen molar-refractivity contribution >= 4 is 21.8 Å². The van der Waals surface area contributed by atoms with Gasteiger partial charge in [-0.25, -0.2) is 0 Å². The SMILES string of the molecule is CC(C)C(C#N)N1CCN(C(=O)C2CCN(C3=NS(=O)(=O)c4ccccc43)CC2)CC1. The Labute approximate surface area is 184 Å². The first-order valence-corrected chi connectivity index (χ1v) is 12.4. The highest BCUT2D eigenvalue weighted by atomic mass is 32.2. The van der Waals surface area contributed by atoms with Gasteiger partial charge in [-0.3, -0.25) is 9.69 Å². The third kappa shape index (κ3) is 4.19. The van der Waals surface area contributed by atoms with Crippen LogP contribution in [0.3, 0.4) is 0 Å². The number of carbonyl (C=O) groups is 1. The maximum atomic E-state index is 13.1. The zero-order valence-electron chi connectivity index (χ0n) is 18.1. The van der Waals surface area contributed by atoms with Gasteiger partial charge in [0.15, 0.2) is 5.84 Å². The van der Waals surface area contributed by atoms with Gasteiger partial charge in [-0.15, -0.1) is 4.40 Å². The first kappa shape index (κ1) is 21.8. The normalized spacial score (nSPS) is 22.7. The van der Waals surface area contributed by atoms with Crippen LogP contribution in [0.2, 0.25) is 0 Å². The van der Waals surface area contributed by atoms with E-state index in [0.29, 0.717) is 50.4 Å². The van der Waals surface area contributed by atoms with E-state index in [9.17, 15) is 18.5 Å². The summed E-state index contributed by atoms with van der Waals surface area (Å²) in [5, 5.41) is 9.41. The molecule has 1 aromatic carbocycles. The molecule has 1 aromatic rings. The lowest BCUT2D eigenvalue weighted by molar-refractivity contribution is -0.138. The number of hydrogen-bond acceptors (Lipinski definition) is 6. The van der Waals surface area contributed by atoms with Crippen molar-refractivity contribution in [3.63, 3.8) is 0 Å². The van der Waals surface area contributed by atoms with Gasteiger partial charge < -0.3 is 9.80 Å². The molecule has 0 N–H and O–H groups in total. The Balaban J connectivity index is 1.34. The van der Waals surface area contributed by atoms with Crippen molar-refractivity contribution in [1.29, 1.82) is 5.26 Å². The summed E-state index contributed by atoms with van der Waals surface area (Å²) in [6.07, 6.45) is 1.38. The molecule has 3 aliphatic rings. The number of piperidine rings is 1. The maximum absolute atomic E-state index is 13.1. The first-order chi connectivity index (χ1) is 14.8. The predicted octanol–water partition coefficient (Wildman–Crippen LogP) is 1.54. The molecule has 1 atom stereocenters. The van der Waals surface area contributed by atoms with Crippen molar-refractivity contribution in [3.8, 4) is 6.07 Å². The van der Waals surface area contributed by atoms with Crippen molar-refractivity contribution in [1.82, 2.24) is 14.7 Å². The van der Waals surface area contributed by atoms with E-state index in [1.807, 2.05) is 15.9 Å². The molecule has 0 bridgehead atoms. The maximum Gasteiger partial charge on any atom is 0.285 e.